The van der Waals surface area contributed by atoms with Crippen LogP contribution in [0, 0.1) is 5.92 Å². The van der Waals surface area contributed by atoms with Crippen molar-refractivity contribution in [3.8, 4) is 0 Å². The summed E-state index contributed by atoms with van der Waals surface area (Å²) in [6, 6.07) is -0.454. The van der Waals surface area contributed by atoms with E-state index in [0.717, 1.165) is 25.7 Å². The van der Waals surface area contributed by atoms with Crippen LogP contribution in [-0.2, 0) is 9.59 Å². The van der Waals surface area contributed by atoms with E-state index < -0.39 is 6.04 Å². The Hall–Kier alpha value is -0.810. The summed E-state index contributed by atoms with van der Waals surface area (Å²) in [7, 11) is 0. The zero-order valence-electron chi connectivity index (χ0n) is 11.1. The molecule has 4 N–H and O–H groups in total. The van der Waals surface area contributed by atoms with Crippen molar-refractivity contribution >= 4 is 24.2 Å². The fourth-order valence-corrected chi connectivity index (χ4v) is 2.30. The van der Waals surface area contributed by atoms with Crippen LogP contribution < -0.4 is 16.4 Å². The monoisotopic (exact) mass is 277 g/mol. The highest BCUT2D eigenvalue weighted by atomic mass is 35.5. The molecule has 1 aliphatic carbocycles. The summed E-state index contributed by atoms with van der Waals surface area (Å²) in [5.74, 6) is 0.00590. The van der Waals surface area contributed by atoms with Crippen molar-refractivity contribution in [2.75, 3.05) is 6.54 Å². The number of carbonyl (C=O) groups is 2. The zero-order chi connectivity index (χ0) is 12.8. The SMILES string of the molecule is CC(=O)NC(C(=O)N[C@@H](C)CN)C1CCCC1.Cl. The van der Waals surface area contributed by atoms with Gasteiger partial charge in [0.15, 0.2) is 0 Å². The molecule has 18 heavy (non-hydrogen) atoms. The fraction of sp³-hybridized carbons (Fsp3) is 0.833. The molecule has 0 aromatic carbocycles. The summed E-state index contributed by atoms with van der Waals surface area (Å²) in [5, 5.41) is 5.59. The van der Waals surface area contributed by atoms with E-state index in [2.05, 4.69) is 10.6 Å². The number of halogens is 1. The standard InChI is InChI=1S/C12H23N3O2.ClH/c1-8(7-13)14-12(17)11(15-9(2)16)10-5-3-4-6-10;/h8,10-11H,3-7,13H2,1-2H3,(H,14,17)(H,15,16);1H/t8-,11?;/m0./s1. The van der Waals surface area contributed by atoms with Gasteiger partial charge >= 0.3 is 0 Å². The first-order valence-electron chi connectivity index (χ1n) is 6.32. The van der Waals surface area contributed by atoms with Crippen LogP contribution >= 0.6 is 12.4 Å². The van der Waals surface area contributed by atoms with Crippen LogP contribution in [0.2, 0.25) is 0 Å². The fourth-order valence-electron chi connectivity index (χ4n) is 2.30. The van der Waals surface area contributed by atoms with Crippen LogP contribution in [-0.4, -0.2) is 30.4 Å². The Morgan fingerprint density at radius 2 is 1.83 bits per heavy atom. The van der Waals surface area contributed by atoms with E-state index in [1.54, 1.807) is 0 Å². The molecule has 0 radical (unpaired) electrons. The highest BCUT2D eigenvalue weighted by Gasteiger charge is 2.31. The minimum Gasteiger partial charge on any atom is -0.351 e. The van der Waals surface area contributed by atoms with Crippen LogP contribution in [0.4, 0.5) is 0 Å². The Labute approximate surface area is 115 Å². The van der Waals surface area contributed by atoms with E-state index in [9.17, 15) is 9.59 Å². The highest BCUT2D eigenvalue weighted by Crippen LogP contribution is 2.27. The summed E-state index contributed by atoms with van der Waals surface area (Å²) in [6.07, 6.45) is 4.30. The zero-order valence-corrected chi connectivity index (χ0v) is 11.9. The Balaban J connectivity index is 0.00000289. The van der Waals surface area contributed by atoms with E-state index in [0.29, 0.717) is 6.54 Å². The number of carbonyl (C=O) groups excluding carboxylic acids is 2. The summed E-state index contributed by atoms with van der Waals surface area (Å²) in [5.41, 5.74) is 5.47. The van der Waals surface area contributed by atoms with Crippen molar-refractivity contribution in [3.63, 3.8) is 0 Å². The quantitative estimate of drug-likeness (QED) is 0.687. The first-order valence-corrected chi connectivity index (χ1v) is 6.32. The summed E-state index contributed by atoms with van der Waals surface area (Å²) < 4.78 is 0. The van der Waals surface area contributed by atoms with Crippen LogP contribution in [0.25, 0.3) is 0 Å². The second-order valence-electron chi connectivity index (χ2n) is 4.87. The van der Waals surface area contributed by atoms with Gasteiger partial charge in [-0.05, 0) is 25.7 Å². The number of nitrogens with two attached hydrogens (primary N) is 1. The summed E-state index contributed by atoms with van der Waals surface area (Å²) in [4.78, 5) is 23.2. The van der Waals surface area contributed by atoms with E-state index in [1.807, 2.05) is 6.92 Å². The molecule has 1 fully saturated rings. The third-order valence-corrected chi connectivity index (χ3v) is 3.25. The van der Waals surface area contributed by atoms with Crippen LogP contribution in [0.5, 0.6) is 0 Å². The van der Waals surface area contributed by atoms with Gasteiger partial charge in [-0.3, -0.25) is 9.59 Å². The molecule has 0 bridgehead atoms. The molecular formula is C12H24ClN3O2. The molecule has 0 aromatic heterocycles. The smallest absolute Gasteiger partial charge is 0.243 e. The van der Waals surface area contributed by atoms with Gasteiger partial charge in [0.25, 0.3) is 0 Å². The van der Waals surface area contributed by atoms with Gasteiger partial charge in [0, 0.05) is 19.5 Å². The first-order chi connectivity index (χ1) is 8.04. The first kappa shape index (κ1) is 17.2. The van der Waals surface area contributed by atoms with Gasteiger partial charge in [-0.1, -0.05) is 12.8 Å². The lowest BCUT2D eigenvalue weighted by atomic mass is 9.97. The lowest BCUT2D eigenvalue weighted by molar-refractivity contribution is -0.129. The third kappa shape index (κ3) is 5.23. The van der Waals surface area contributed by atoms with Gasteiger partial charge < -0.3 is 16.4 Å². The topological polar surface area (TPSA) is 84.2 Å². The number of amides is 2. The van der Waals surface area contributed by atoms with Gasteiger partial charge in [-0.2, -0.15) is 0 Å². The Morgan fingerprint density at radius 3 is 2.28 bits per heavy atom. The maximum absolute atomic E-state index is 12.1. The number of hydrogen-bond donors (Lipinski definition) is 3. The van der Waals surface area contributed by atoms with Crippen LogP contribution in [0.1, 0.15) is 39.5 Å². The van der Waals surface area contributed by atoms with E-state index in [1.165, 1.54) is 6.92 Å². The van der Waals surface area contributed by atoms with Crippen molar-refractivity contribution in [3.05, 3.63) is 0 Å². The largest absolute Gasteiger partial charge is 0.351 e. The molecule has 106 valence electrons. The second kappa shape index (κ2) is 8.32. The molecule has 6 heteroatoms. The van der Waals surface area contributed by atoms with E-state index >= 15 is 0 Å². The predicted molar refractivity (Wildman–Crippen MR) is 73.5 cm³/mol. The van der Waals surface area contributed by atoms with Gasteiger partial charge in [0.05, 0.1) is 0 Å². The van der Waals surface area contributed by atoms with Crippen molar-refractivity contribution in [2.45, 2.75) is 51.6 Å². The molecule has 5 nitrogen and oxygen atoms in total. The molecule has 1 unspecified atom stereocenters. The minimum atomic E-state index is -0.399. The van der Waals surface area contributed by atoms with E-state index in [-0.39, 0.29) is 36.2 Å². The Morgan fingerprint density at radius 1 is 1.28 bits per heavy atom. The third-order valence-electron chi connectivity index (χ3n) is 3.25. The van der Waals surface area contributed by atoms with Crippen molar-refractivity contribution in [1.82, 2.24) is 10.6 Å². The summed E-state index contributed by atoms with van der Waals surface area (Å²) in [6.45, 7) is 3.71. The van der Waals surface area contributed by atoms with Gasteiger partial charge in [0.2, 0.25) is 11.8 Å². The Kier molecular flexibility index (Phi) is 7.95. The van der Waals surface area contributed by atoms with Gasteiger partial charge in [-0.15, -0.1) is 12.4 Å². The highest BCUT2D eigenvalue weighted by molar-refractivity contribution is 5.87. The normalized spacial score (nSPS) is 18.6. The Bertz CT molecular complexity index is 280. The van der Waals surface area contributed by atoms with Gasteiger partial charge in [-0.25, -0.2) is 0 Å². The predicted octanol–water partition coefficient (Wildman–Crippen LogP) is 0.567. The average molecular weight is 278 g/mol. The molecule has 2 atom stereocenters. The van der Waals surface area contributed by atoms with Crippen molar-refractivity contribution in [2.24, 2.45) is 11.7 Å². The van der Waals surface area contributed by atoms with Crippen molar-refractivity contribution in [1.29, 1.82) is 0 Å². The molecule has 2 amide bonds. The number of nitrogens with one attached hydrogen (secondary N) is 2. The molecule has 0 spiro atoms. The maximum Gasteiger partial charge on any atom is 0.243 e. The van der Waals surface area contributed by atoms with Crippen molar-refractivity contribution < 1.29 is 9.59 Å². The number of rotatable bonds is 5. The van der Waals surface area contributed by atoms with E-state index in [4.69, 9.17) is 5.73 Å². The van der Waals surface area contributed by atoms with Gasteiger partial charge in [0.1, 0.15) is 6.04 Å². The minimum absolute atomic E-state index is 0. The molecule has 0 heterocycles. The number of hydrogen-bond acceptors (Lipinski definition) is 3. The lowest BCUT2D eigenvalue weighted by Gasteiger charge is -2.24. The molecule has 0 aliphatic heterocycles. The van der Waals surface area contributed by atoms with Crippen LogP contribution in [0.15, 0.2) is 0 Å². The molecule has 1 aliphatic rings. The second-order valence-corrected chi connectivity index (χ2v) is 4.87. The lowest BCUT2D eigenvalue weighted by Crippen LogP contribution is -2.52. The molecule has 1 rings (SSSR count). The summed E-state index contributed by atoms with van der Waals surface area (Å²) >= 11 is 0. The molecule has 0 saturated heterocycles. The molecular weight excluding hydrogens is 254 g/mol. The van der Waals surface area contributed by atoms with Crippen LogP contribution in [0.3, 0.4) is 0 Å². The molecule has 1 saturated carbocycles. The maximum atomic E-state index is 12.1. The molecule has 0 aromatic rings. The average Bonchev–Trinajstić information content (AvgIpc) is 2.78.